The molecule has 1 heterocycles. The number of nitrogens with one attached hydrogen (secondary N) is 1. The van der Waals surface area contributed by atoms with Crippen molar-refractivity contribution in [3.05, 3.63) is 24.3 Å². The first-order valence-corrected chi connectivity index (χ1v) is 7.95. The average Bonchev–Trinajstić information content (AvgIpc) is 2.93. The van der Waals surface area contributed by atoms with Crippen LogP contribution in [0.5, 0.6) is 0 Å². The van der Waals surface area contributed by atoms with E-state index >= 15 is 0 Å². The largest absolute Gasteiger partial charge is 0.382 e. The van der Waals surface area contributed by atoms with Crippen molar-refractivity contribution >= 4 is 11.4 Å². The Morgan fingerprint density at radius 2 is 1.79 bits per heavy atom. The topological polar surface area (TPSA) is 15.3 Å². The zero-order chi connectivity index (χ0) is 13.5. The van der Waals surface area contributed by atoms with Gasteiger partial charge in [0, 0.05) is 30.5 Å². The lowest BCUT2D eigenvalue weighted by Crippen LogP contribution is -2.20. The fourth-order valence-corrected chi connectivity index (χ4v) is 2.99. The van der Waals surface area contributed by atoms with Gasteiger partial charge in [-0.15, -0.1) is 0 Å². The Labute approximate surface area is 118 Å². The SMILES string of the molecule is CCCC(CCC)Nc1cccc(N2CCCC2)c1. The Hall–Kier alpha value is -1.18. The lowest BCUT2D eigenvalue weighted by Gasteiger charge is -2.22. The minimum absolute atomic E-state index is 0.629. The molecule has 0 spiro atoms. The Kier molecular flexibility index (Phi) is 5.56. The van der Waals surface area contributed by atoms with Gasteiger partial charge in [0.1, 0.15) is 0 Å². The monoisotopic (exact) mass is 260 g/mol. The normalized spacial score (nSPS) is 15.2. The summed E-state index contributed by atoms with van der Waals surface area (Å²) in [5, 5.41) is 3.72. The zero-order valence-corrected chi connectivity index (χ0v) is 12.5. The van der Waals surface area contributed by atoms with Crippen LogP contribution >= 0.6 is 0 Å². The molecule has 0 unspecified atom stereocenters. The summed E-state index contributed by atoms with van der Waals surface area (Å²) in [5.41, 5.74) is 2.67. The lowest BCUT2D eigenvalue weighted by molar-refractivity contribution is 0.586. The predicted octanol–water partition coefficient (Wildman–Crippen LogP) is 4.67. The smallest absolute Gasteiger partial charge is 0.0386 e. The van der Waals surface area contributed by atoms with E-state index in [1.54, 1.807) is 0 Å². The number of anilines is 2. The second-order valence-corrected chi connectivity index (χ2v) is 5.66. The second-order valence-electron chi connectivity index (χ2n) is 5.66. The van der Waals surface area contributed by atoms with Gasteiger partial charge in [-0.05, 0) is 43.9 Å². The summed E-state index contributed by atoms with van der Waals surface area (Å²) >= 11 is 0. The van der Waals surface area contributed by atoms with Gasteiger partial charge >= 0.3 is 0 Å². The third-order valence-corrected chi connectivity index (χ3v) is 3.96. The van der Waals surface area contributed by atoms with Crippen molar-refractivity contribution in [1.82, 2.24) is 0 Å². The van der Waals surface area contributed by atoms with Gasteiger partial charge in [0.05, 0.1) is 0 Å². The molecule has 0 radical (unpaired) electrons. The highest BCUT2D eigenvalue weighted by molar-refractivity contribution is 5.58. The molecule has 0 amide bonds. The quantitative estimate of drug-likeness (QED) is 0.766. The van der Waals surface area contributed by atoms with Crippen LogP contribution in [-0.4, -0.2) is 19.1 Å². The highest BCUT2D eigenvalue weighted by Gasteiger charge is 2.13. The van der Waals surface area contributed by atoms with E-state index in [0.29, 0.717) is 6.04 Å². The molecule has 2 heteroatoms. The Balaban J connectivity index is 2.00. The molecule has 1 fully saturated rings. The summed E-state index contributed by atoms with van der Waals surface area (Å²) < 4.78 is 0. The Morgan fingerprint density at radius 3 is 2.42 bits per heavy atom. The van der Waals surface area contributed by atoms with Crippen LogP contribution in [-0.2, 0) is 0 Å². The standard InChI is InChI=1S/C17H28N2/c1-3-8-15(9-4-2)18-16-10-7-11-17(14-16)19-12-5-6-13-19/h7,10-11,14-15,18H,3-6,8-9,12-13H2,1-2H3. The van der Waals surface area contributed by atoms with Crippen molar-refractivity contribution in [3.8, 4) is 0 Å². The molecular formula is C17H28N2. The molecule has 1 aliphatic heterocycles. The molecule has 1 saturated heterocycles. The molecule has 1 aromatic rings. The van der Waals surface area contributed by atoms with E-state index < -0.39 is 0 Å². The van der Waals surface area contributed by atoms with E-state index in [9.17, 15) is 0 Å². The molecule has 106 valence electrons. The third-order valence-electron chi connectivity index (χ3n) is 3.96. The van der Waals surface area contributed by atoms with Crippen molar-refractivity contribution < 1.29 is 0 Å². The van der Waals surface area contributed by atoms with Crippen LogP contribution in [0.4, 0.5) is 11.4 Å². The fraction of sp³-hybridized carbons (Fsp3) is 0.647. The maximum absolute atomic E-state index is 3.72. The summed E-state index contributed by atoms with van der Waals surface area (Å²) in [6, 6.07) is 9.58. The molecule has 0 bridgehead atoms. The summed E-state index contributed by atoms with van der Waals surface area (Å²) in [4.78, 5) is 2.50. The zero-order valence-electron chi connectivity index (χ0n) is 12.5. The van der Waals surface area contributed by atoms with Crippen LogP contribution in [0, 0.1) is 0 Å². The van der Waals surface area contributed by atoms with E-state index in [1.807, 2.05) is 0 Å². The lowest BCUT2D eigenvalue weighted by atomic mass is 10.1. The molecule has 1 aromatic carbocycles. The third kappa shape index (κ3) is 4.15. The molecular weight excluding hydrogens is 232 g/mol. The summed E-state index contributed by atoms with van der Waals surface area (Å²) in [6.07, 6.45) is 7.72. The van der Waals surface area contributed by atoms with E-state index in [-0.39, 0.29) is 0 Å². The molecule has 19 heavy (non-hydrogen) atoms. The van der Waals surface area contributed by atoms with Crippen molar-refractivity contribution in [2.75, 3.05) is 23.3 Å². The van der Waals surface area contributed by atoms with E-state index in [1.165, 1.54) is 63.0 Å². The van der Waals surface area contributed by atoms with E-state index in [4.69, 9.17) is 0 Å². The Bertz CT molecular complexity index is 363. The van der Waals surface area contributed by atoms with Crippen LogP contribution in [0.25, 0.3) is 0 Å². The number of benzene rings is 1. The predicted molar refractivity (Wildman–Crippen MR) is 85.1 cm³/mol. The second kappa shape index (κ2) is 7.42. The van der Waals surface area contributed by atoms with E-state index in [2.05, 4.69) is 48.3 Å². The summed E-state index contributed by atoms with van der Waals surface area (Å²) in [5.74, 6) is 0. The Morgan fingerprint density at radius 1 is 1.11 bits per heavy atom. The maximum Gasteiger partial charge on any atom is 0.0386 e. The highest BCUT2D eigenvalue weighted by atomic mass is 15.1. The maximum atomic E-state index is 3.72. The number of nitrogens with zero attached hydrogens (tertiary/aromatic N) is 1. The first-order valence-electron chi connectivity index (χ1n) is 7.95. The molecule has 0 aromatic heterocycles. The van der Waals surface area contributed by atoms with Gasteiger partial charge < -0.3 is 10.2 Å². The molecule has 2 rings (SSSR count). The van der Waals surface area contributed by atoms with Crippen LogP contribution in [0.2, 0.25) is 0 Å². The first-order chi connectivity index (χ1) is 9.33. The number of hydrogen-bond acceptors (Lipinski definition) is 2. The van der Waals surface area contributed by atoms with Gasteiger partial charge in [-0.2, -0.15) is 0 Å². The molecule has 0 saturated carbocycles. The van der Waals surface area contributed by atoms with Crippen molar-refractivity contribution in [1.29, 1.82) is 0 Å². The van der Waals surface area contributed by atoms with Crippen LogP contribution in [0.15, 0.2) is 24.3 Å². The van der Waals surface area contributed by atoms with Gasteiger partial charge in [-0.1, -0.05) is 32.8 Å². The minimum Gasteiger partial charge on any atom is -0.382 e. The van der Waals surface area contributed by atoms with Crippen LogP contribution < -0.4 is 10.2 Å². The van der Waals surface area contributed by atoms with Crippen LogP contribution in [0.3, 0.4) is 0 Å². The van der Waals surface area contributed by atoms with Gasteiger partial charge in [0.15, 0.2) is 0 Å². The fourth-order valence-electron chi connectivity index (χ4n) is 2.99. The summed E-state index contributed by atoms with van der Waals surface area (Å²) in [6.45, 7) is 6.98. The number of hydrogen-bond donors (Lipinski definition) is 1. The first kappa shape index (κ1) is 14.2. The average molecular weight is 260 g/mol. The molecule has 2 nitrogen and oxygen atoms in total. The van der Waals surface area contributed by atoms with Crippen molar-refractivity contribution in [3.63, 3.8) is 0 Å². The van der Waals surface area contributed by atoms with Crippen LogP contribution in [0.1, 0.15) is 52.4 Å². The van der Waals surface area contributed by atoms with E-state index in [0.717, 1.165) is 0 Å². The van der Waals surface area contributed by atoms with Gasteiger partial charge in [-0.25, -0.2) is 0 Å². The number of rotatable bonds is 7. The highest BCUT2D eigenvalue weighted by Crippen LogP contribution is 2.24. The summed E-state index contributed by atoms with van der Waals surface area (Å²) in [7, 11) is 0. The van der Waals surface area contributed by atoms with Crippen molar-refractivity contribution in [2.24, 2.45) is 0 Å². The molecule has 0 atom stereocenters. The van der Waals surface area contributed by atoms with Gasteiger partial charge in [0.25, 0.3) is 0 Å². The van der Waals surface area contributed by atoms with Crippen molar-refractivity contribution in [2.45, 2.75) is 58.4 Å². The minimum atomic E-state index is 0.629. The molecule has 1 aliphatic rings. The molecule has 0 aliphatic carbocycles. The van der Waals surface area contributed by atoms with Gasteiger partial charge in [-0.3, -0.25) is 0 Å². The molecule has 1 N–H and O–H groups in total. The van der Waals surface area contributed by atoms with Gasteiger partial charge in [0.2, 0.25) is 0 Å².